The zero-order valence-corrected chi connectivity index (χ0v) is 27.5. The predicted molar refractivity (Wildman–Crippen MR) is 182 cm³/mol. The number of hydrogen-bond acceptors (Lipinski definition) is 4. The van der Waals surface area contributed by atoms with Crippen LogP contribution in [0.25, 0.3) is 23.1 Å². The number of aryl methyl sites for hydroxylation is 1. The number of para-hydroxylation sites is 1. The summed E-state index contributed by atoms with van der Waals surface area (Å²) in [4.78, 5) is 2.36. The number of pyridine rings is 1. The number of aromatic nitrogens is 1. The van der Waals surface area contributed by atoms with Crippen molar-refractivity contribution in [3.63, 3.8) is 0 Å². The Kier molecular flexibility index (Phi) is 15.8. The first-order chi connectivity index (χ1) is 20.9. The number of unbranched alkanes of at least 4 members (excludes halogenated alkanes) is 13. The number of hydrogen-bond donors (Lipinski definition) is 0. The highest BCUT2D eigenvalue weighted by atomic mass is 32.2. The van der Waals surface area contributed by atoms with Crippen LogP contribution >= 0.6 is 0 Å². The second kappa shape index (κ2) is 19.6. The molecule has 236 valence electrons. The van der Waals surface area contributed by atoms with Gasteiger partial charge in [0.15, 0.2) is 6.20 Å². The van der Waals surface area contributed by atoms with Crippen molar-refractivity contribution in [1.29, 1.82) is 0 Å². The lowest BCUT2D eigenvalue weighted by molar-refractivity contribution is -0.671. The fourth-order valence-electron chi connectivity index (χ4n) is 5.76. The maximum absolute atomic E-state index is 11.0. The Morgan fingerprint density at radius 1 is 0.721 bits per heavy atom. The lowest BCUT2D eigenvalue weighted by Gasteiger charge is -2.19. The molecule has 0 unspecified atom stereocenters. The van der Waals surface area contributed by atoms with E-state index in [0.717, 1.165) is 28.6 Å². The van der Waals surface area contributed by atoms with E-state index in [4.69, 9.17) is 0 Å². The minimum Gasteiger partial charge on any atom is -0.748 e. The molecule has 2 aromatic carbocycles. The molecule has 0 aliphatic heterocycles. The molecule has 3 rings (SSSR count). The van der Waals surface area contributed by atoms with E-state index in [0.29, 0.717) is 13.0 Å². The van der Waals surface area contributed by atoms with Crippen molar-refractivity contribution in [2.24, 2.45) is 0 Å². The van der Waals surface area contributed by atoms with Gasteiger partial charge in [-0.05, 0) is 35.7 Å². The summed E-state index contributed by atoms with van der Waals surface area (Å²) in [6, 6.07) is 18.9. The first-order valence-electron chi connectivity index (χ1n) is 16.7. The smallest absolute Gasteiger partial charge is 0.213 e. The molecule has 0 saturated carbocycles. The lowest BCUT2D eigenvalue weighted by atomic mass is 10.0. The third-order valence-electron chi connectivity index (χ3n) is 8.39. The number of benzene rings is 2. The summed E-state index contributed by atoms with van der Waals surface area (Å²) in [7, 11) is -2.01. The summed E-state index contributed by atoms with van der Waals surface area (Å²) in [5.41, 5.74) is 4.52. The van der Waals surface area contributed by atoms with Crippen molar-refractivity contribution in [2.75, 3.05) is 24.2 Å². The predicted octanol–water partition coefficient (Wildman–Crippen LogP) is 9.15. The molecular weight excluding hydrogens is 552 g/mol. The molecule has 3 aromatic rings. The first kappa shape index (κ1) is 34.8. The van der Waals surface area contributed by atoms with Crippen LogP contribution in [0.2, 0.25) is 0 Å². The van der Waals surface area contributed by atoms with Crippen molar-refractivity contribution in [3.8, 4) is 0 Å². The minimum atomic E-state index is -4.20. The second-order valence-electron chi connectivity index (χ2n) is 12.0. The summed E-state index contributed by atoms with van der Waals surface area (Å²) < 4.78 is 35.0. The molecule has 1 aromatic heterocycles. The van der Waals surface area contributed by atoms with Crippen molar-refractivity contribution < 1.29 is 17.5 Å². The molecule has 0 radical (unpaired) electrons. The molecule has 0 fully saturated rings. The largest absolute Gasteiger partial charge is 0.748 e. The maximum Gasteiger partial charge on any atom is 0.213 e. The molecule has 0 saturated heterocycles. The fraction of sp³-hybridized carbons (Fsp3) is 0.541. The molecule has 0 N–H and O–H groups in total. The lowest BCUT2D eigenvalue weighted by Crippen LogP contribution is -2.35. The average molecular weight is 607 g/mol. The van der Waals surface area contributed by atoms with Crippen LogP contribution in [0.4, 0.5) is 5.69 Å². The van der Waals surface area contributed by atoms with Gasteiger partial charge in [-0.15, -0.1) is 0 Å². The van der Waals surface area contributed by atoms with Crippen LogP contribution in [0.1, 0.15) is 114 Å². The van der Waals surface area contributed by atoms with Gasteiger partial charge in [-0.1, -0.05) is 127 Å². The van der Waals surface area contributed by atoms with E-state index in [1.165, 1.54) is 95.6 Å². The fourth-order valence-corrected chi connectivity index (χ4v) is 6.24. The molecule has 0 amide bonds. The van der Waals surface area contributed by atoms with Crippen LogP contribution in [0, 0.1) is 0 Å². The van der Waals surface area contributed by atoms with E-state index < -0.39 is 10.1 Å². The van der Waals surface area contributed by atoms with Crippen LogP contribution in [-0.2, 0) is 16.7 Å². The molecule has 1 heterocycles. The molecule has 0 spiro atoms. The Morgan fingerprint density at radius 2 is 1.30 bits per heavy atom. The van der Waals surface area contributed by atoms with Gasteiger partial charge in [0.25, 0.3) is 0 Å². The van der Waals surface area contributed by atoms with Crippen LogP contribution in [0.15, 0.2) is 60.8 Å². The summed E-state index contributed by atoms with van der Waals surface area (Å²) in [5.74, 6) is -0.347. The van der Waals surface area contributed by atoms with Gasteiger partial charge in [0, 0.05) is 43.6 Å². The molecule has 0 aliphatic rings. The second-order valence-corrected chi connectivity index (χ2v) is 13.6. The van der Waals surface area contributed by atoms with Crippen molar-refractivity contribution in [1.82, 2.24) is 0 Å². The van der Waals surface area contributed by atoms with Crippen molar-refractivity contribution in [2.45, 2.75) is 110 Å². The third-order valence-corrected chi connectivity index (χ3v) is 9.18. The molecule has 6 heteroatoms. The average Bonchev–Trinajstić information content (AvgIpc) is 3.00. The number of anilines is 1. The quantitative estimate of drug-likeness (QED) is 0.0650. The van der Waals surface area contributed by atoms with E-state index >= 15 is 0 Å². The first-order valence-corrected chi connectivity index (χ1v) is 18.3. The molecule has 43 heavy (non-hydrogen) atoms. The minimum absolute atomic E-state index is 0.301. The van der Waals surface area contributed by atoms with Crippen molar-refractivity contribution >= 4 is 38.9 Å². The zero-order valence-electron chi connectivity index (χ0n) is 26.7. The number of rotatable bonds is 22. The molecule has 0 aliphatic carbocycles. The normalized spacial score (nSPS) is 12.0. The van der Waals surface area contributed by atoms with Gasteiger partial charge in [0.05, 0.1) is 15.5 Å². The maximum atomic E-state index is 11.0. The van der Waals surface area contributed by atoms with Gasteiger partial charge >= 0.3 is 0 Å². The van der Waals surface area contributed by atoms with Gasteiger partial charge in [-0.25, -0.2) is 8.42 Å². The Labute approximate surface area is 261 Å². The highest BCUT2D eigenvalue weighted by molar-refractivity contribution is 7.85. The molecule has 0 bridgehead atoms. The highest BCUT2D eigenvalue weighted by Crippen LogP contribution is 2.20. The van der Waals surface area contributed by atoms with Gasteiger partial charge < -0.3 is 9.45 Å². The van der Waals surface area contributed by atoms with E-state index in [1.54, 1.807) is 0 Å². The Morgan fingerprint density at radius 3 is 1.91 bits per heavy atom. The summed E-state index contributed by atoms with van der Waals surface area (Å²) >= 11 is 0. The van der Waals surface area contributed by atoms with Crippen molar-refractivity contribution in [3.05, 3.63) is 71.9 Å². The molecule has 5 nitrogen and oxygen atoms in total. The summed E-state index contributed by atoms with van der Waals surface area (Å²) in [6.07, 6.45) is 25.9. The Bertz CT molecular complexity index is 1340. The van der Waals surface area contributed by atoms with Gasteiger partial charge in [0.2, 0.25) is 5.52 Å². The van der Waals surface area contributed by atoms with E-state index in [9.17, 15) is 13.0 Å². The van der Waals surface area contributed by atoms with Gasteiger partial charge in [-0.2, -0.15) is 4.57 Å². The monoisotopic (exact) mass is 606 g/mol. The topological polar surface area (TPSA) is 64.3 Å². The van der Waals surface area contributed by atoms with E-state index in [1.807, 2.05) is 35.0 Å². The Balaban J connectivity index is 1.37. The number of nitrogens with zero attached hydrogens (tertiary/aromatic N) is 2. The SMILES string of the molecule is CCCCCCCCCCCCCCCCN(C)c1ccc(/C=C/c2cc[n+](CCCS(=O)(=O)[O-])c3ccccc23)cc1. The van der Waals surface area contributed by atoms with Crippen LogP contribution < -0.4 is 9.47 Å². The van der Waals surface area contributed by atoms with Gasteiger partial charge in [-0.3, -0.25) is 0 Å². The van der Waals surface area contributed by atoms with Crippen LogP contribution in [-0.4, -0.2) is 32.3 Å². The standard InChI is InChI=1S/C37H54N2O3S/c1-3-4-5-6-7-8-9-10-11-12-13-14-15-18-29-38(2)35-26-23-33(24-27-35)22-25-34-28-31-39(30-19-32-43(40,41)42)37-21-17-16-20-36(34)37/h16-17,20-28,31H,3-15,18-19,29-30,32H2,1-2H3. The highest BCUT2D eigenvalue weighted by Gasteiger charge is 2.11. The zero-order chi connectivity index (χ0) is 30.8. The summed E-state index contributed by atoms with van der Waals surface area (Å²) in [6.45, 7) is 3.86. The third kappa shape index (κ3) is 13.6. The molecule has 0 atom stereocenters. The van der Waals surface area contributed by atoms with Gasteiger partial charge in [0.1, 0.15) is 6.54 Å². The van der Waals surface area contributed by atoms with E-state index in [-0.39, 0.29) is 5.75 Å². The van der Waals surface area contributed by atoms with Crippen LogP contribution in [0.3, 0.4) is 0 Å². The molecular formula is C37H54N2O3S. The van der Waals surface area contributed by atoms with E-state index in [2.05, 4.69) is 61.4 Å². The Hall–Kier alpha value is -2.70. The summed E-state index contributed by atoms with van der Waals surface area (Å²) in [5, 5.41) is 1.09. The number of fused-ring (bicyclic) bond motifs is 1. The van der Waals surface area contributed by atoms with Crippen LogP contribution in [0.5, 0.6) is 0 Å².